The summed E-state index contributed by atoms with van der Waals surface area (Å²) in [5.74, 6) is 1.29. The van der Waals surface area contributed by atoms with E-state index in [9.17, 15) is 4.79 Å². The number of methoxy groups -OCH3 is 2. The van der Waals surface area contributed by atoms with Crippen LogP contribution in [0.4, 0.5) is 0 Å². The van der Waals surface area contributed by atoms with Gasteiger partial charge >= 0.3 is 5.97 Å². The number of hydrogen-bond donors (Lipinski definition) is 0. The highest BCUT2D eigenvalue weighted by Crippen LogP contribution is 2.21. The van der Waals surface area contributed by atoms with Crippen molar-refractivity contribution in [3.05, 3.63) is 59.7 Å². The number of esters is 1. The summed E-state index contributed by atoms with van der Waals surface area (Å²) in [6, 6.07) is 14.9. The third-order valence-electron chi connectivity index (χ3n) is 3.40. The molecule has 0 N–H and O–H groups in total. The van der Waals surface area contributed by atoms with Crippen LogP contribution in [0.3, 0.4) is 0 Å². The molecular formula is C18H20O4. The fraction of sp³-hybridized carbons (Fsp3) is 0.278. The third-order valence-corrected chi connectivity index (χ3v) is 3.40. The molecule has 0 amide bonds. The quantitative estimate of drug-likeness (QED) is 0.765. The van der Waals surface area contributed by atoms with Crippen molar-refractivity contribution in [3.63, 3.8) is 0 Å². The lowest BCUT2D eigenvalue weighted by Gasteiger charge is -2.14. The zero-order valence-electron chi connectivity index (χ0n) is 13.0. The van der Waals surface area contributed by atoms with Crippen molar-refractivity contribution in [1.29, 1.82) is 0 Å². The average Bonchev–Trinajstić information content (AvgIpc) is 2.55. The molecule has 0 saturated heterocycles. The highest BCUT2D eigenvalue weighted by molar-refractivity contribution is 5.72. The molecule has 0 aliphatic carbocycles. The minimum Gasteiger partial charge on any atom is -0.497 e. The molecule has 1 unspecified atom stereocenters. The van der Waals surface area contributed by atoms with Crippen LogP contribution >= 0.6 is 0 Å². The van der Waals surface area contributed by atoms with Gasteiger partial charge in [0.15, 0.2) is 0 Å². The normalized spacial score (nSPS) is 11.6. The summed E-state index contributed by atoms with van der Waals surface area (Å²) in [7, 11) is 3.23. The number of benzene rings is 2. The van der Waals surface area contributed by atoms with Crippen LogP contribution in [-0.2, 0) is 16.0 Å². The van der Waals surface area contributed by atoms with Gasteiger partial charge in [-0.3, -0.25) is 4.79 Å². The van der Waals surface area contributed by atoms with Gasteiger partial charge in [0, 0.05) is 0 Å². The molecular weight excluding hydrogens is 280 g/mol. The molecule has 1 atom stereocenters. The number of carbonyl (C=O) groups excluding carboxylic acids is 1. The Bertz CT molecular complexity index is 602. The molecule has 2 aromatic rings. The van der Waals surface area contributed by atoms with Gasteiger partial charge in [-0.1, -0.05) is 24.3 Å². The van der Waals surface area contributed by atoms with Crippen LogP contribution in [0.5, 0.6) is 11.5 Å². The van der Waals surface area contributed by atoms with E-state index in [0.29, 0.717) is 0 Å². The van der Waals surface area contributed by atoms with Gasteiger partial charge in [0.1, 0.15) is 17.6 Å². The second-order valence-electron chi connectivity index (χ2n) is 4.93. The molecule has 0 saturated carbocycles. The average molecular weight is 300 g/mol. The molecule has 22 heavy (non-hydrogen) atoms. The molecule has 0 fully saturated rings. The predicted octanol–water partition coefficient (Wildman–Crippen LogP) is 3.55. The maximum Gasteiger partial charge on any atom is 0.310 e. The zero-order valence-corrected chi connectivity index (χ0v) is 13.0. The SMILES string of the molecule is COc1ccc(CC(=O)OC(C)c2ccc(OC)cc2)cc1. The Balaban J connectivity index is 1.92. The van der Waals surface area contributed by atoms with Gasteiger partial charge in [0.2, 0.25) is 0 Å². The second kappa shape index (κ2) is 7.50. The van der Waals surface area contributed by atoms with Crippen molar-refractivity contribution in [2.75, 3.05) is 14.2 Å². The molecule has 0 spiro atoms. The summed E-state index contributed by atoms with van der Waals surface area (Å²) >= 11 is 0. The van der Waals surface area contributed by atoms with E-state index in [-0.39, 0.29) is 18.5 Å². The summed E-state index contributed by atoms with van der Waals surface area (Å²) in [6.45, 7) is 1.85. The Labute approximate surface area is 130 Å². The molecule has 0 heterocycles. The van der Waals surface area contributed by atoms with Crippen molar-refractivity contribution < 1.29 is 19.0 Å². The van der Waals surface area contributed by atoms with Crippen LogP contribution in [0.1, 0.15) is 24.2 Å². The summed E-state index contributed by atoms with van der Waals surface area (Å²) in [5, 5.41) is 0. The summed E-state index contributed by atoms with van der Waals surface area (Å²) in [6.07, 6.45) is -0.0542. The van der Waals surface area contributed by atoms with E-state index >= 15 is 0 Å². The number of rotatable bonds is 6. The van der Waals surface area contributed by atoms with Crippen LogP contribution in [0.15, 0.2) is 48.5 Å². The molecule has 2 aromatic carbocycles. The Kier molecular flexibility index (Phi) is 5.42. The van der Waals surface area contributed by atoms with E-state index in [0.717, 1.165) is 22.6 Å². The van der Waals surface area contributed by atoms with Gasteiger partial charge in [-0.05, 0) is 42.3 Å². The Hall–Kier alpha value is -2.49. The van der Waals surface area contributed by atoms with Crippen molar-refractivity contribution in [1.82, 2.24) is 0 Å². The number of hydrogen-bond acceptors (Lipinski definition) is 4. The fourth-order valence-electron chi connectivity index (χ4n) is 2.09. The van der Waals surface area contributed by atoms with E-state index in [2.05, 4.69) is 0 Å². The van der Waals surface area contributed by atoms with E-state index in [1.165, 1.54) is 0 Å². The van der Waals surface area contributed by atoms with Gasteiger partial charge in [0.05, 0.1) is 20.6 Å². The van der Waals surface area contributed by atoms with E-state index in [1.807, 2.05) is 55.5 Å². The van der Waals surface area contributed by atoms with E-state index < -0.39 is 0 Å². The zero-order chi connectivity index (χ0) is 15.9. The molecule has 0 aliphatic heterocycles. The lowest BCUT2D eigenvalue weighted by Crippen LogP contribution is -2.11. The van der Waals surface area contributed by atoms with Crippen LogP contribution in [-0.4, -0.2) is 20.2 Å². The minimum atomic E-state index is -0.295. The van der Waals surface area contributed by atoms with Crippen molar-refractivity contribution in [3.8, 4) is 11.5 Å². The van der Waals surface area contributed by atoms with E-state index in [1.54, 1.807) is 14.2 Å². The lowest BCUT2D eigenvalue weighted by molar-refractivity contribution is -0.147. The molecule has 2 rings (SSSR count). The summed E-state index contributed by atoms with van der Waals surface area (Å²) < 4.78 is 15.7. The lowest BCUT2D eigenvalue weighted by atomic mass is 10.1. The van der Waals surface area contributed by atoms with Crippen molar-refractivity contribution in [2.24, 2.45) is 0 Å². The molecule has 4 heteroatoms. The van der Waals surface area contributed by atoms with Crippen molar-refractivity contribution in [2.45, 2.75) is 19.4 Å². The number of carbonyl (C=O) groups is 1. The Morgan fingerprint density at radius 1 is 0.909 bits per heavy atom. The Morgan fingerprint density at radius 2 is 1.41 bits per heavy atom. The second-order valence-corrected chi connectivity index (χ2v) is 4.93. The first kappa shape index (κ1) is 15.9. The van der Waals surface area contributed by atoms with Gasteiger partial charge in [-0.15, -0.1) is 0 Å². The van der Waals surface area contributed by atoms with Crippen LogP contribution in [0.2, 0.25) is 0 Å². The van der Waals surface area contributed by atoms with Crippen molar-refractivity contribution >= 4 is 5.97 Å². The monoisotopic (exact) mass is 300 g/mol. The topological polar surface area (TPSA) is 44.8 Å². The third kappa shape index (κ3) is 4.25. The molecule has 0 aromatic heterocycles. The summed E-state index contributed by atoms with van der Waals surface area (Å²) in [5.41, 5.74) is 1.83. The molecule has 0 aliphatic rings. The van der Waals surface area contributed by atoms with Gasteiger partial charge in [-0.25, -0.2) is 0 Å². The van der Waals surface area contributed by atoms with Crippen LogP contribution in [0, 0.1) is 0 Å². The molecule has 4 nitrogen and oxygen atoms in total. The first-order valence-electron chi connectivity index (χ1n) is 7.08. The Morgan fingerprint density at radius 3 is 1.91 bits per heavy atom. The first-order valence-corrected chi connectivity index (χ1v) is 7.08. The van der Waals surface area contributed by atoms with Crippen LogP contribution in [0.25, 0.3) is 0 Å². The smallest absolute Gasteiger partial charge is 0.310 e. The first-order chi connectivity index (χ1) is 10.6. The minimum absolute atomic E-state index is 0.241. The fourth-order valence-corrected chi connectivity index (χ4v) is 2.09. The number of ether oxygens (including phenoxy) is 3. The largest absolute Gasteiger partial charge is 0.497 e. The summed E-state index contributed by atoms with van der Waals surface area (Å²) in [4.78, 5) is 12.0. The van der Waals surface area contributed by atoms with Gasteiger partial charge < -0.3 is 14.2 Å². The van der Waals surface area contributed by atoms with E-state index in [4.69, 9.17) is 14.2 Å². The standard InChI is InChI=1S/C18H20O4/c1-13(15-6-10-17(21-3)11-7-15)22-18(19)12-14-4-8-16(20-2)9-5-14/h4-11,13H,12H2,1-3H3. The molecule has 0 bridgehead atoms. The molecule has 0 radical (unpaired) electrons. The van der Waals surface area contributed by atoms with Gasteiger partial charge in [-0.2, -0.15) is 0 Å². The van der Waals surface area contributed by atoms with Gasteiger partial charge in [0.25, 0.3) is 0 Å². The predicted molar refractivity (Wildman–Crippen MR) is 84.2 cm³/mol. The highest BCUT2D eigenvalue weighted by atomic mass is 16.5. The maximum atomic E-state index is 12.0. The molecule has 116 valence electrons. The highest BCUT2D eigenvalue weighted by Gasteiger charge is 2.12. The van der Waals surface area contributed by atoms with Crippen LogP contribution < -0.4 is 9.47 Å². The maximum absolute atomic E-state index is 12.0.